The van der Waals surface area contributed by atoms with E-state index in [0.29, 0.717) is 16.4 Å². The van der Waals surface area contributed by atoms with Crippen LogP contribution >= 0.6 is 15.9 Å². The van der Waals surface area contributed by atoms with Crippen LogP contribution in [0.25, 0.3) is 0 Å². The summed E-state index contributed by atoms with van der Waals surface area (Å²) in [5, 5.41) is 12.3. The Hall–Kier alpha value is -0.320. The Labute approximate surface area is 113 Å². The maximum absolute atomic E-state index is 9.15. The third-order valence-electron chi connectivity index (χ3n) is 2.65. The van der Waals surface area contributed by atoms with Gasteiger partial charge in [-0.25, -0.2) is 0 Å². The molecule has 0 radical (unpaired) electrons. The third kappa shape index (κ3) is 9.39. The van der Waals surface area contributed by atoms with Crippen molar-refractivity contribution in [3.05, 3.63) is 22.3 Å². The number of nitrogens with one attached hydrogen (secondary N) is 1. The molecule has 0 aliphatic heterocycles. The van der Waals surface area contributed by atoms with Crippen LogP contribution in [0.1, 0.15) is 26.7 Å². The van der Waals surface area contributed by atoms with E-state index >= 15 is 0 Å². The lowest BCUT2D eigenvalue weighted by Crippen LogP contribution is -2.18. The number of aliphatic hydroxyl groups is 1. The third-order valence-corrected chi connectivity index (χ3v) is 2.87. The zero-order chi connectivity index (χ0) is 13.3. The Morgan fingerprint density at radius 2 is 2.06 bits per heavy atom. The lowest BCUT2D eigenvalue weighted by Gasteiger charge is -2.15. The van der Waals surface area contributed by atoms with Crippen molar-refractivity contribution in [3.8, 4) is 0 Å². The van der Waals surface area contributed by atoms with Crippen LogP contribution in [0, 0.1) is 11.8 Å². The van der Waals surface area contributed by atoms with E-state index in [1.54, 1.807) is 6.08 Å². The molecule has 0 amide bonds. The first-order valence-corrected chi connectivity index (χ1v) is 6.86. The van der Waals surface area contributed by atoms with Crippen molar-refractivity contribution in [3.63, 3.8) is 0 Å². The second-order valence-corrected chi connectivity index (χ2v) is 5.62. The fourth-order valence-corrected chi connectivity index (χ4v) is 2.21. The van der Waals surface area contributed by atoms with E-state index in [2.05, 4.69) is 41.2 Å². The van der Waals surface area contributed by atoms with Crippen molar-refractivity contribution >= 4 is 15.9 Å². The van der Waals surface area contributed by atoms with Gasteiger partial charge in [-0.2, -0.15) is 0 Å². The summed E-state index contributed by atoms with van der Waals surface area (Å²) in [5.74, 6) is 1.29. The quantitative estimate of drug-likeness (QED) is 0.477. The molecule has 0 heterocycles. The van der Waals surface area contributed by atoms with Crippen LogP contribution in [0.5, 0.6) is 0 Å². The van der Waals surface area contributed by atoms with Gasteiger partial charge < -0.3 is 16.2 Å². The van der Waals surface area contributed by atoms with Gasteiger partial charge in [0.25, 0.3) is 0 Å². The van der Waals surface area contributed by atoms with Gasteiger partial charge in [0, 0.05) is 0 Å². The highest BCUT2D eigenvalue weighted by Crippen LogP contribution is 2.16. The molecule has 0 bridgehead atoms. The topological polar surface area (TPSA) is 58.3 Å². The smallest absolute Gasteiger partial charge is 0.0757 e. The molecule has 0 aliphatic rings. The lowest BCUT2D eigenvalue weighted by atomic mass is 9.94. The predicted molar refractivity (Wildman–Crippen MR) is 77.9 cm³/mol. The highest BCUT2D eigenvalue weighted by Gasteiger charge is 2.07. The summed E-state index contributed by atoms with van der Waals surface area (Å²) < 4.78 is 0.550. The van der Waals surface area contributed by atoms with Gasteiger partial charge in [0.1, 0.15) is 0 Å². The molecule has 100 valence electrons. The molecule has 0 saturated heterocycles. The van der Waals surface area contributed by atoms with Crippen LogP contribution < -0.4 is 11.1 Å². The van der Waals surface area contributed by atoms with Crippen LogP contribution in [-0.2, 0) is 0 Å². The van der Waals surface area contributed by atoms with Gasteiger partial charge in [0.2, 0.25) is 0 Å². The maximum atomic E-state index is 9.15. The maximum Gasteiger partial charge on any atom is 0.0757 e. The van der Waals surface area contributed by atoms with Crippen LogP contribution in [0.15, 0.2) is 22.3 Å². The van der Waals surface area contributed by atoms with Gasteiger partial charge in [-0.15, -0.1) is 0 Å². The molecule has 0 spiro atoms. The first-order valence-electron chi connectivity index (χ1n) is 6.06. The fraction of sp³-hybridized carbons (Fsp3) is 0.692. The fourth-order valence-electron chi connectivity index (χ4n) is 1.91. The first kappa shape index (κ1) is 16.7. The number of nitrogens with two attached hydrogens (primary N) is 1. The molecule has 0 aromatic carbocycles. The lowest BCUT2D eigenvalue weighted by molar-refractivity contribution is 0.333. The summed E-state index contributed by atoms with van der Waals surface area (Å²) in [6, 6.07) is 0. The highest BCUT2D eigenvalue weighted by molar-refractivity contribution is 9.11. The minimum absolute atomic E-state index is 0.0328. The molecule has 0 rings (SSSR count). The van der Waals surface area contributed by atoms with Crippen molar-refractivity contribution in [2.24, 2.45) is 17.6 Å². The number of rotatable bonds is 8. The Morgan fingerprint density at radius 1 is 1.41 bits per heavy atom. The van der Waals surface area contributed by atoms with E-state index in [1.807, 2.05) is 7.05 Å². The molecule has 2 unspecified atom stereocenters. The van der Waals surface area contributed by atoms with Crippen molar-refractivity contribution in [2.45, 2.75) is 26.7 Å². The summed E-state index contributed by atoms with van der Waals surface area (Å²) in [5.41, 5.74) is 6.38. The normalized spacial score (nSPS) is 17.0. The Bertz CT molecular complexity index is 260. The predicted octanol–water partition coefficient (Wildman–Crippen LogP) is 2.37. The van der Waals surface area contributed by atoms with E-state index < -0.39 is 0 Å². The monoisotopic (exact) mass is 304 g/mol. The van der Waals surface area contributed by atoms with Crippen molar-refractivity contribution in [1.29, 1.82) is 0 Å². The van der Waals surface area contributed by atoms with Crippen LogP contribution in [0.3, 0.4) is 0 Å². The number of halogens is 1. The molecule has 0 aliphatic carbocycles. The van der Waals surface area contributed by atoms with E-state index in [9.17, 15) is 0 Å². The van der Waals surface area contributed by atoms with Crippen molar-refractivity contribution < 1.29 is 5.11 Å². The number of hydrogen-bond donors (Lipinski definition) is 3. The van der Waals surface area contributed by atoms with Gasteiger partial charge in [0.05, 0.1) is 11.2 Å². The Kier molecular flexibility index (Phi) is 9.50. The van der Waals surface area contributed by atoms with Gasteiger partial charge >= 0.3 is 0 Å². The standard InChI is InChI=1S/C13H25BrN2O/c1-10(6-11(2)8-16-3)4-5-12(9-17)7-13(14)15/h5,7,10-11,16-17H,4,6,8-9,15H2,1-3H3/b12-5+,13-7-. The second-order valence-electron chi connectivity index (χ2n) is 4.71. The molecule has 2 atom stereocenters. The summed E-state index contributed by atoms with van der Waals surface area (Å²) in [7, 11) is 1.98. The molecule has 0 fully saturated rings. The van der Waals surface area contributed by atoms with E-state index in [-0.39, 0.29) is 6.61 Å². The van der Waals surface area contributed by atoms with Crippen molar-refractivity contribution in [1.82, 2.24) is 5.32 Å². The largest absolute Gasteiger partial charge is 0.393 e. The summed E-state index contributed by atoms with van der Waals surface area (Å²) in [4.78, 5) is 0. The number of aliphatic hydroxyl groups excluding tert-OH is 1. The van der Waals surface area contributed by atoms with Crippen LogP contribution in [-0.4, -0.2) is 25.3 Å². The Balaban J connectivity index is 4.14. The molecule has 0 aromatic heterocycles. The highest BCUT2D eigenvalue weighted by atomic mass is 79.9. The minimum atomic E-state index is 0.0328. The zero-order valence-corrected chi connectivity index (χ0v) is 12.6. The number of allylic oxidation sites excluding steroid dienone is 1. The average Bonchev–Trinajstić information content (AvgIpc) is 2.23. The van der Waals surface area contributed by atoms with Gasteiger partial charge in [0.15, 0.2) is 0 Å². The molecule has 0 aromatic rings. The van der Waals surface area contributed by atoms with E-state index in [4.69, 9.17) is 10.8 Å². The second kappa shape index (κ2) is 9.68. The molecule has 0 saturated carbocycles. The minimum Gasteiger partial charge on any atom is -0.393 e. The SMILES string of the molecule is CNCC(C)CC(C)C/C=C(\C=C(/N)Br)CO. The van der Waals surface area contributed by atoms with E-state index in [1.165, 1.54) is 6.42 Å². The molecule has 4 heteroatoms. The average molecular weight is 305 g/mol. The molecule has 3 nitrogen and oxygen atoms in total. The van der Waals surface area contributed by atoms with Gasteiger partial charge in [-0.1, -0.05) is 19.9 Å². The van der Waals surface area contributed by atoms with Crippen LogP contribution in [0.4, 0.5) is 0 Å². The number of hydrogen-bond acceptors (Lipinski definition) is 3. The summed E-state index contributed by atoms with van der Waals surface area (Å²) >= 11 is 3.16. The molecular weight excluding hydrogens is 280 g/mol. The van der Waals surface area contributed by atoms with Gasteiger partial charge in [-0.3, -0.25) is 0 Å². The van der Waals surface area contributed by atoms with Crippen LogP contribution in [0.2, 0.25) is 0 Å². The Morgan fingerprint density at radius 3 is 2.53 bits per heavy atom. The summed E-state index contributed by atoms with van der Waals surface area (Å²) in [6.45, 7) is 5.57. The molecule has 4 N–H and O–H groups in total. The molecule has 17 heavy (non-hydrogen) atoms. The zero-order valence-electron chi connectivity index (χ0n) is 11.0. The van der Waals surface area contributed by atoms with Gasteiger partial charge in [-0.05, 0) is 65.8 Å². The van der Waals surface area contributed by atoms with E-state index in [0.717, 1.165) is 18.5 Å². The molecular formula is C13H25BrN2O. The van der Waals surface area contributed by atoms with Crippen molar-refractivity contribution in [2.75, 3.05) is 20.2 Å². The first-order chi connectivity index (χ1) is 7.99. The summed E-state index contributed by atoms with van der Waals surface area (Å²) in [6.07, 6.45) is 5.97.